The van der Waals surface area contributed by atoms with Gasteiger partial charge in [-0.3, -0.25) is 4.79 Å². The molecule has 2 heteroatoms. The van der Waals surface area contributed by atoms with Crippen molar-refractivity contribution in [3.63, 3.8) is 0 Å². The molecule has 0 spiro atoms. The summed E-state index contributed by atoms with van der Waals surface area (Å²) in [6, 6.07) is 0. The molecule has 13 heavy (non-hydrogen) atoms. The molecule has 0 aliphatic heterocycles. The minimum Gasteiger partial charge on any atom is -0.295 e. The molecule has 1 atom stereocenters. The zero-order valence-electron chi connectivity index (χ0n) is 8.18. The fraction of sp³-hybridized carbons (Fsp3) is 0.545. The summed E-state index contributed by atoms with van der Waals surface area (Å²) in [6.07, 6.45) is 11.6. The molecule has 72 valence electrons. The SMILES string of the molecule is CCCC(=O)PCC1=CCCC=C1. The van der Waals surface area contributed by atoms with Crippen molar-refractivity contribution in [2.45, 2.75) is 32.6 Å². The van der Waals surface area contributed by atoms with E-state index >= 15 is 0 Å². The van der Waals surface area contributed by atoms with Crippen LogP contribution in [0.15, 0.2) is 23.8 Å². The number of rotatable bonds is 5. The van der Waals surface area contributed by atoms with Crippen LogP contribution in [0.2, 0.25) is 0 Å². The van der Waals surface area contributed by atoms with Crippen LogP contribution in [-0.2, 0) is 4.79 Å². The van der Waals surface area contributed by atoms with E-state index in [1.54, 1.807) is 0 Å². The molecule has 1 nitrogen and oxygen atoms in total. The van der Waals surface area contributed by atoms with Crippen molar-refractivity contribution in [1.82, 2.24) is 0 Å². The van der Waals surface area contributed by atoms with Crippen LogP contribution in [0.25, 0.3) is 0 Å². The quantitative estimate of drug-likeness (QED) is 0.617. The van der Waals surface area contributed by atoms with Gasteiger partial charge in [-0.2, -0.15) is 0 Å². The normalized spacial score (nSPS) is 16.5. The second-order valence-corrected chi connectivity index (χ2v) is 4.55. The van der Waals surface area contributed by atoms with Crippen molar-refractivity contribution in [1.29, 1.82) is 0 Å². The van der Waals surface area contributed by atoms with E-state index in [0.717, 1.165) is 31.8 Å². The van der Waals surface area contributed by atoms with Crippen molar-refractivity contribution < 1.29 is 4.79 Å². The van der Waals surface area contributed by atoms with Crippen LogP contribution in [0.3, 0.4) is 0 Å². The second kappa shape index (κ2) is 6.10. The van der Waals surface area contributed by atoms with Crippen LogP contribution in [0, 0.1) is 0 Å². The zero-order chi connectivity index (χ0) is 9.52. The summed E-state index contributed by atoms with van der Waals surface area (Å²) in [4.78, 5) is 11.2. The minimum absolute atomic E-state index is 0.433. The predicted octanol–water partition coefficient (Wildman–Crippen LogP) is 3.27. The first-order chi connectivity index (χ1) is 6.33. The van der Waals surface area contributed by atoms with Crippen LogP contribution in [0.1, 0.15) is 32.6 Å². The molecule has 0 bridgehead atoms. The molecule has 0 fully saturated rings. The molecule has 0 radical (unpaired) electrons. The van der Waals surface area contributed by atoms with E-state index in [1.165, 1.54) is 5.57 Å². The average Bonchev–Trinajstić information content (AvgIpc) is 2.17. The number of hydrogen-bond donors (Lipinski definition) is 0. The summed E-state index contributed by atoms with van der Waals surface area (Å²) in [5.41, 5.74) is 1.79. The largest absolute Gasteiger partial charge is 0.295 e. The van der Waals surface area contributed by atoms with Crippen LogP contribution in [-0.4, -0.2) is 11.7 Å². The maximum absolute atomic E-state index is 11.2. The maximum atomic E-state index is 11.2. The highest BCUT2D eigenvalue weighted by Gasteiger charge is 2.02. The van der Waals surface area contributed by atoms with Crippen molar-refractivity contribution in [3.8, 4) is 0 Å². The smallest absolute Gasteiger partial charge is 0.151 e. The molecular weight excluding hydrogens is 179 g/mol. The van der Waals surface area contributed by atoms with E-state index in [-0.39, 0.29) is 0 Å². The van der Waals surface area contributed by atoms with Crippen molar-refractivity contribution in [2.24, 2.45) is 0 Å². The summed E-state index contributed by atoms with van der Waals surface area (Å²) in [7, 11) is 0.485. The first kappa shape index (κ1) is 10.7. The fourth-order valence-electron chi connectivity index (χ4n) is 1.31. The maximum Gasteiger partial charge on any atom is 0.151 e. The van der Waals surface area contributed by atoms with Crippen molar-refractivity contribution >= 4 is 14.1 Å². The molecule has 0 aromatic carbocycles. The van der Waals surface area contributed by atoms with E-state index in [4.69, 9.17) is 0 Å². The van der Waals surface area contributed by atoms with Crippen LogP contribution >= 0.6 is 8.58 Å². The Morgan fingerprint density at radius 2 is 2.38 bits per heavy atom. The molecule has 0 aromatic rings. The Morgan fingerprint density at radius 1 is 1.54 bits per heavy atom. The standard InChI is InChI=1S/C11H17OP/c1-2-6-11(12)13-9-10-7-4-3-5-8-10/h4,7-8,13H,2-3,5-6,9H2,1H3. The summed E-state index contributed by atoms with van der Waals surface area (Å²) < 4.78 is 0. The van der Waals surface area contributed by atoms with E-state index in [1.807, 2.05) is 0 Å². The summed E-state index contributed by atoms with van der Waals surface area (Å²) in [5, 5.41) is 0. The number of carbonyl (C=O) groups excluding carboxylic acids is 1. The molecular formula is C11H17OP. The second-order valence-electron chi connectivity index (χ2n) is 3.29. The molecule has 1 aliphatic rings. The molecule has 1 aliphatic carbocycles. The Hall–Kier alpha value is -0.420. The molecule has 0 saturated heterocycles. The molecule has 0 N–H and O–H groups in total. The lowest BCUT2D eigenvalue weighted by Crippen LogP contribution is -1.93. The predicted molar refractivity (Wildman–Crippen MR) is 59.6 cm³/mol. The van der Waals surface area contributed by atoms with Gasteiger partial charge in [0.05, 0.1) is 0 Å². The van der Waals surface area contributed by atoms with Gasteiger partial charge in [0.2, 0.25) is 0 Å². The van der Waals surface area contributed by atoms with Gasteiger partial charge in [0, 0.05) is 6.42 Å². The number of hydrogen-bond acceptors (Lipinski definition) is 1. The van der Waals surface area contributed by atoms with E-state index in [2.05, 4.69) is 25.2 Å². The summed E-state index contributed by atoms with van der Waals surface area (Å²) in [6.45, 7) is 2.06. The topological polar surface area (TPSA) is 17.1 Å². The van der Waals surface area contributed by atoms with Gasteiger partial charge in [0.25, 0.3) is 0 Å². The van der Waals surface area contributed by atoms with E-state index < -0.39 is 0 Å². The van der Waals surface area contributed by atoms with Gasteiger partial charge in [-0.05, 0) is 39.6 Å². The Labute approximate surface area is 82.1 Å². The first-order valence-corrected chi connectivity index (χ1v) is 6.16. The van der Waals surface area contributed by atoms with Gasteiger partial charge >= 0.3 is 0 Å². The van der Waals surface area contributed by atoms with Gasteiger partial charge in [0.1, 0.15) is 0 Å². The lowest BCUT2D eigenvalue weighted by molar-refractivity contribution is -0.111. The highest BCUT2D eigenvalue weighted by molar-refractivity contribution is 7.58. The Balaban J connectivity index is 2.22. The van der Waals surface area contributed by atoms with Crippen LogP contribution in [0.4, 0.5) is 0 Å². The van der Waals surface area contributed by atoms with Gasteiger partial charge in [0.15, 0.2) is 5.52 Å². The average molecular weight is 196 g/mol. The monoisotopic (exact) mass is 196 g/mol. The third-order valence-corrected chi connectivity index (χ3v) is 3.27. The van der Waals surface area contributed by atoms with Crippen molar-refractivity contribution in [3.05, 3.63) is 23.8 Å². The molecule has 1 rings (SSSR count). The third-order valence-electron chi connectivity index (χ3n) is 2.04. The van der Waals surface area contributed by atoms with E-state index in [9.17, 15) is 4.79 Å². The number of carbonyl (C=O) groups is 1. The molecule has 0 heterocycles. The third kappa shape index (κ3) is 4.38. The molecule has 0 aromatic heterocycles. The highest BCUT2D eigenvalue weighted by atomic mass is 31.1. The van der Waals surface area contributed by atoms with Crippen LogP contribution in [0.5, 0.6) is 0 Å². The van der Waals surface area contributed by atoms with Gasteiger partial charge < -0.3 is 0 Å². The summed E-state index contributed by atoms with van der Waals surface area (Å²) >= 11 is 0. The fourth-order valence-corrected chi connectivity index (χ4v) is 2.41. The van der Waals surface area contributed by atoms with Gasteiger partial charge in [-0.1, -0.05) is 25.2 Å². The zero-order valence-corrected chi connectivity index (χ0v) is 9.18. The Morgan fingerprint density at radius 3 is 3.00 bits per heavy atom. The Bertz CT molecular complexity index is 228. The van der Waals surface area contributed by atoms with Crippen molar-refractivity contribution in [2.75, 3.05) is 6.16 Å². The molecule has 1 unspecified atom stereocenters. The highest BCUT2D eigenvalue weighted by Crippen LogP contribution is 2.22. The number of allylic oxidation sites excluding steroid dienone is 4. The van der Waals surface area contributed by atoms with Gasteiger partial charge in [-0.15, -0.1) is 0 Å². The minimum atomic E-state index is 0.433. The van der Waals surface area contributed by atoms with E-state index in [0.29, 0.717) is 14.1 Å². The first-order valence-electron chi connectivity index (χ1n) is 4.95. The molecule has 0 saturated carbocycles. The van der Waals surface area contributed by atoms with Gasteiger partial charge in [-0.25, -0.2) is 0 Å². The lowest BCUT2D eigenvalue weighted by atomic mass is 10.1. The lowest BCUT2D eigenvalue weighted by Gasteiger charge is -2.05. The Kier molecular flexibility index (Phi) is 5.00. The summed E-state index contributed by atoms with van der Waals surface area (Å²) in [5.74, 6) is 0. The van der Waals surface area contributed by atoms with Crippen LogP contribution < -0.4 is 0 Å². The molecule has 0 amide bonds.